The van der Waals surface area contributed by atoms with Crippen LogP contribution in [0.5, 0.6) is 0 Å². The minimum Gasteiger partial charge on any atom is -0.465 e. The number of amides is 3. The first-order valence-electron chi connectivity index (χ1n) is 14.0. The molecule has 3 N–H and O–H groups in total. The Labute approximate surface area is 260 Å². The van der Waals surface area contributed by atoms with Crippen molar-refractivity contribution in [3.63, 3.8) is 0 Å². The number of thioether (sulfide) groups is 1. The SMILES string of the molecule is Cc1cccc(C)c1NC(=O)C(Sc1ccc(NC(=O)/C(=C/c2ccco2)NC(=O)c2ccccc2)cc1)c1ccccc1. The van der Waals surface area contributed by atoms with Gasteiger partial charge in [0.1, 0.15) is 16.7 Å². The van der Waals surface area contributed by atoms with Crippen LogP contribution in [0, 0.1) is 13.8 Å². The van der Waals surface area contributed by atoms with Crippen molar-refractivity contribution in [2.24, 2.45) is 0 Å². The van der Waals surface area contributed by atoms with Crippen molar-refractivity contribution in [3.05, 3.63) is 155 Å². The van der Waals surface area contributed by atoms with Crippen molar-refractivity contribution in [2.45, 2.75) is 24.0 Å². The molecule has 0 spiro atoms. The van der Waals surface area contributed by atoms with Crippen LogP contribution in [-0.2, 0) is 9.59 Å². The summed E-state index contributed by atoms with van der Waals surface area (Å²) >= 11 is 1.42. The van der Waals surface area contributed by atoms with Crippen LogP contribution < -0.4 is 16.0 Å². The van der Waals surface area contributed by atoms with Gasteiger partial charge in [-0.05, 0) is 79.1 Å². The number of para-hydroxylation sites is 1. The molecule has 5 aromatic rings. The number of anilines is 2. The zero-order valence-corrected chi connectivity index (χ0v) is 25.1. The van der Waals surface area contributed by atoms with Crippen LogP contribution in [0.2, 0.25) is 0 Å². The van der Waals surface area contributed by atoms with Crippen LogP contribution in [0.25, 0.3) is 6.08 Å². The van der Waals surface area contributed by atoms with Crippen molar-refractivity contribution < 1.29 is 18.8 Å². The van der Waals surface area contributed by atoms with E-state index in [1.807, 2.05) is 80.6 Å². The molecule has 1 aromatic heterocycles. The molecule has 0 saturated heterocycles. The second-order valence-electron chi connectivity index (χ2n) is 10.0. The fourth-order valence-corrected chi connectivity index (χ4v) is 5.54. The number of aryl methyl sites for hydroxylation is 2. The average molecular weight is 602 g/mol. The van der Waals surface area contributed by atoms with Gasteiger partial charge in [-0.1, -0.05) is 66.7 Å². The molecule has 7 nitrogen and oxygen atoms in total. The van der Waals surface area contributed by atoms with Gasteiger partial charge in [0, 0.05) is 27.9 Å². The highest BCUT2D eigenvalue weighted by Crippen LogP contribution is 2.37. The summed E-state index contributed by atoms with van der Waals surface area (Å²) in [5.41, 5.74) is 4.65. The van der Waals surface area contributed by atoms with E-state index < -0.39 is 17.1 Å². The Hall–Kier alpha value is -5.34. The lowest BCUT2D eigenvalue weighted by molar-refractivity contribution is -0.116. The molecule has 0 aliphatic rings. The Morgan fingerprint density at radius 2 is 1.39 bits per heavy atom. The molecule has 1 unspecified atom stereocenters. The zero-order chi connectivity index (χ0) is 30.9. The van der Waals surface area contributed by atoms with E-state index in [4.69, 9.17) is 4.42 Å². The Morgan fingerprint density at radius 1 is 0.727 bits per heavy atom. The van der Waals surface area contributed by atoms with Crippen molar-refractivity contribution >= 4 is 46.9 Å². The van der Waals surface area contributed by atoms with Crippen LogP contribution in [0.15, 0.2) is 137 Å². The Morgan fingerprint density at radius 3 is 2.02 bits per heavy atom. The van der Waals surface area contributed by atoms with E-state index in [1.165, 1.54) is 24.1 Å². The third kappa shape index (κ3) is 7.73. The highest BCUT2D eigenvalue weighted by molar-refractivity contribution is 8.00. The first-order valence-corrected chi connectivity index (χ1v) is 14.9. The van der Waals surface area contributed by atoms with Crippen molar-refractivity contribution in [2.75, 3.05) is 10.6 Å². The van der Waals surface area contributed by atoms with E-state index in [9.17, 15) is 14.4 Å². The maximum Gasteiger partial charge on any atom is 0.272 e. The fraction of sp³-hybridized carbons (Fsp3) is 0.0833. The van der Waals surface area contributed by atoms with Gasteiger partial charge >= 0.3 is 0 Å². The van der Waals surface area contributed by atoms with Crippen LogP contribution >= 0.6 is 11.8 Å². The summed E-state index contributed by atoms with van der Waals surface area (Å²) in [6, 6.07) is 34.8. The summed E-state index contributed by atoms with van der Waals surface area (Å²) < 4.78 is 5.37. The lowest BCUT2D eigenvalue weighted by atomic mass is 10.1. The normalized spacial score (nSPS) is 11.8. The Balaban J connectivity index is 1.32. The monoisotopic (exact) mass is 601 g/mol. The van der Waals surface area contributed by atoms with Gasteiger partial charge in [0.05, 0.1) is 6.26 Å². The smallest absolute Gasteiger partial charge is 0.272 e. The van der Waals surface area contributed by atoms with Crippen LogP contribution in [0.3, 0.4) is 0 Å². The number of furan rings is 1. The number of carbonyl (C=O) groups excluding carboxylic acids is 3. The molecule has 1 heterocycles. The van der Waals surface area contributed by atoms with Gasteiger partial charge in [0.25, 0.3) is 11.8 Å². The van der Waals surface area contributed by atoms with Gasteiger partial charge in [0.15, 0.2) is 0 Å². The summed E-state index contributed by atoms with van der Waals surface area (Å²) in [4.78, 5) is 40.5. The minimum absolute atomic E-state index is 0.0274. The highest BCUT2D eigenvalue weighted by atomic mass is 32.2. The minimum atomic E-state index is -0.513. The van der Waals surface area contributed by atoms with Crippen LogP contribution in [-0.4, -0.2) is 17.7 Å². The highest BCUT2D eigenvalue weighted by Gasteiger charge is 2.23. The van der Waals surface area contributed by atoms with Gasteiger partial charge in [-0.15, -0.1) is 11.8 Å². The lowest BCUT2D eigenvalue weighted by Crippen LogP contribution is -2.30. The van der Waals surface area contributed by atoms with E-state index in [2.05, 4.69) is 16.0 Å². The summed E-state index contributed by atoms with van der Waals surface area (Å²) in [7, 11) is 0. The molecule has 0 fully saturated rings. The molecule has 0 bridgehead atoms. The molecule has 1 atom stereocenters. The lowest BCUT2D eigenvalue weighted by Gasteiger charge is -2.19. The van der Waals surface area contributed by atoms with Crippen molar-refractivity contribution in [3.8, 4) is 0 Å². The third-order valence-electron chi connectivity index (χ3n) is 6.79. The quantitative estimate of drug-likeness (QED) is 0.112. The van der Waals surface area contributed by atoms with Gasteiger partial charge in [-0.2, -0.15) is 0 Å². The molecule has 8 heteroatoms. The van der Waals surface area contributed by atoms with Crippen molar-refractivity contribution in [1.82, 2.24) is 5.32 Å². The molecule has 3 amide bonds. The molecule has 220 valence electrons. The van der Waals surface area contributed by atoms with Crippen LogP contribution in [0.1, 0.15) is 38.1 Å². The first kappa shape index (κ1) is 30.1. The predicted molar refractivity (Wildman–Crippen MR) is 175 cm³/mol. The summed E-state index contributed by atoms with van der Waals surface area (Å²) in [5, 5.41) is 8.15. The van der Waals surface area contributed by atoms with E-state index >= 15 is 0 Å². The molecule has 0 aliphatic carbocycles. The number of hydrogen-bond acceptors (Lipinski definition) is 5. The van der Waals surface area contributed by atoms with Gasteiger partial charge in [0.2, 0.25) is 5.91 Å². The van der Waals surface area contributed by atoms with E-state index in [0.29, 0.717) is 17.0 Å². The molecule has 0 radical (unpaired) electrons. The topological polar surface area (TPSA) is 100 Å². The molecular formula is C36H31N3O4S. The van der Waals surface area contributed by atoms with Gasteiger partial charge in [-0.3, -0.25) is 14.4 Å². The summed E-state index contributed by atoms with van der Waals surface area (Å²) in [6.45, 7) is 3.95. The standard InChI is InChI=1S/C36H31N3O4S/c1-24-11-9-12-25(2)32(24)39-36(42)33(26-13-5-3-6-14-26)44-30-20-18-28(19-21-30)37-35(41)31(23-29-17-10-22-43-29)38-34(40)27-15-7-4-8-16-27/h3-23,33H,1-2H3,(H,37,41)(H,38,40)(H,39,42)/b31-23-. The summed E-state index contributed by atoms with van der Waals surface area (Å²) in [6.07, 6.45) is 2.96. The maximum absolute atomic E-state index is 13.6. The number of benzene rings is 4. The predicted octanol–water partition coefficient (Wildman–Crippen LogP) is 7.78. The Kier molecular flexibility index (Phi) is 9.74. The Bertz CT molecular complexity index is 1750. The molecule has 5 rings (SSSR count). The molecule has 0 aliphatic heterocycles. The molecule has 4 aromatic carbocycles. The molecule has 0 saturated carbocycles. The second kappa shape index (κ2) is 14.2. The zero-order valence-electron chi connectivity index (χ0n) is 24.2. The fourth-order valence-electron chi connectivity index (χ4n) is 4.51. The van der Waals surface area contributed by atoms with Gasteiger partial charge < -0.3 is 20.4 Å². The maximum atomic E-state index is 13.6. The van der Waals surface area contributed by atoms with Gasteiger partial charge in [-0.25, -0.2) is 0 Å². The number of nitrogens with one attached hydrogen (secondary N) is 3. The average Bonchev–Trinajstić information content (AvgIpc) is 3.56. The van der Waals surface area contributed by atoms with Crippen LogP contribution in [0.4, 0.5) is 11.4 Å². The first-order chi connectivity index (χ1) is 21.4. The summed E-state index contributed by atoms with van der Waals surface area (Å²) in [5.74, 6) is -0.642. The van der Waals surface area contributed by atoms with E-state index in [1.54, 1.807) is 48.5 Å². The third-order valence-corrected chi connectivity index (χ3v) is 8.06. The number of carbonyl (C=O) groups is 3. The van der Waals surface area contributed by atoms with E-state index in [-0.39, 0.29) is 11.6 Å². The number of rotatable bonds is 10. The van der Waals surface area contributed by atoms with E-state index in [0.717, 1.165) is 27.3 Å². The largest absolute Gasteiger partial charge is 0.465 e. The molecule has 44 heavy (non-hydrogen) atoms. The van der Waals surface area contributed by atoms with Crippen molar-refractivity contribution in [1.29, 1.82) is 0 Å². The molecular weight excluding hydrogens is 570 g/mol. The second-order valence-corrected chi connectivity index (χ2v) is 11.2. The number of hydrogen-bond donors (Lipinski definition) is 3.